The molecule has 0 atom stereocenters. The average molecular weight is 276 g/mol. The normalized spacial score (nSPS) is 24.5. The van der Waals surface area contributed by atoms with Gasteiger partial charge in [-0.1, -0.05) is 37.5 Å². The van der Waals surface area contributed by atoms with E-state index in [0.717, 1.165) is 18.4 Å². The third-order valence-electron chi connectivity index (χ3n) is 4.37. The Balaban J connectivity index is 1.98. The van der Waals surface area contributed by atoms with Crippen LogP contribution in [0.3, 0.4) is 0 Å². The second-order valence-corrected chi connectivity index (χ2v) is 10.1. The molecule has 102 valence electrons. The average Bonchev–Trinajstić information content (AvgIpc) is 2.62. The summed E-state index contributed by atoms with van der Waals surface area (Å²) < 4.78 is 19.6. The zero-order valence-electron chi connectivity index (χ0n) is 11.7. The summed E-state index contributed by atoms with van der Waals surface area (Å²) >= 11 is 0. The summed E-state index contributed by atoms with van der Waals surface area (Å²) in [6, 6.07) is 6.88. The van der Waals surface area contributed by atoms with Crippen LogP contribution in [-0.4, -0.2) is 13.9 Å². The molecule has 0 unspecified atom stereocenters. The molecule has 0 amide bonds. The molecule has 1 heterocycles. The standard InChI is InChI=1S/C16H21FOSi/c1-19(2)15(13-6-8-14(17)9-7-13)12-16(18-19)10-4-3-5-11-16/h6-9,12H,3-5,10-11H2,1-2H3. The van der Waals surface area contributed by atoms with Gasteiger partial charge in [-0.3, -0.25) is 0 Å². The van der Waals surface area contributed by atoms with Crippen LogP contribution in [0.2, 0.25) is 13.1 Å². The molecule has 0 aromatic heterocycles. The summed E-state index contributed by atoms with van der Waals surface area (Å²) in [5.41, 5.74) is 1.12. The predicted octanol–water partition coefficient (Wildman–Crippen LogP) is 4.69. The zero-order chi connectivity index (χ0) is 13.5. The molecule has 1 spiro atoms. The molecule has 1 nitrogen and oxygen atoms in total. The zero-order valence-corrected chi connectivity index (χ0v) is 12.7. The molecule has 0 saturated heterocycles. The largest absolute Gasteiger partial charge is 0.404 e. The molecule has 19 heavy (non-hydrogen) atoms. The Hall–Kier alpha value is -0.933. The van der Waals surface area contributed by atoms with Crippen molar-refractivity contribution in [2.24, 2.45) is 0 Å². The van der Waals surface area contributed by atoms with Gasteiger partial charge in [0.15, 0.2) is 0 Å². The summed E-state index contributed by atoms with van der Waals surface area (Å²) in [5.74, 6) is -0.171. The van der Waals surface area contributed by atoms with Crippen molar-refractivity contribution < 1.29 is 8.82 Å². The molecule has 0 N–H and O–H groups in total. The van der Waals surface area contributed by atoms with E-state index in [9.17, 15) is 4.39 Å². The van der Waals surface area contributed by atoms with Crippen molar-refractivity contribution in [1.82, 2.24) is 0 Å². The minimum absolute atomic E-state index is 0.0162. The van der Waals surface area contributed by atoms with E-state index >= 15 is 0 Å². The molecule has 3 rings (SSSR count). The highest BCUT2D eigenvalue weighted by Crippen LogP contribution is 2.46. The predicted molar refractivity (Wildman–Crippen MR) is 78.8 cm³/mol. The SMILES string of the molecule is C[Si]1(C)OC2(C=C1c1ccc(F)cc1)CCCCC2. The summed E-state index contributed by atoms with van der Waals surface area (Å²) in [6.45, 7) is 4.51. The van der Waals surface area contributed by atoms with Gasteiger partial charge in [-0.2, -0.15) is 0 Å². The molecule has 1 aliphatic carbocycles. The number of hydrogen-bond acceptors (Lipinski definition) is 1. The van der Waals surface area contributed by atoms with Crippen LogP contribution in [0.15, 0.2) is 30.3 Å². The van der Waals surface area contributed by atoms with Gasteiger partial charge in [0, 0.05) is 0 Å². The first kappa shape index (κ1) is 13.1. The second kappa shape index (κ2) is 4.56. The van der Waals surface area contributed by atoms with Gasteiger partial charge in [-0.05, 0) is 48.8 Å². The van der Waals surface area contributed by atoms with Crippen LogP contribution in [-0.2, 0) is 4.43 Å². The molecule has 2 aliphatic rings. The van der Waals surface area contributed by atoms with Crippen LogP contribution in [0.1, 0.15) is 37.7 Å². The minimum atomic E-state index is -1.85. The fourth-order valence-electron chi connectivity index (χ4n) is 3.49. The summed E-state index contributed by atoms with van der Waals surface area (Å²) in [5, 5.41) is 1.34. The molecular formula is C16H21FOSi. The van der Waals surface area contributed by atoms with Crippen molar-refractivity contribution >= 4 is 13.5 Å². The smallest absolute Gasteiger partial charge is 0.219 e. The maximum absolute atomic E-state index is 13.1. The molecule has 3 heteroatoms. The van der Waals surface area contributed by atoms with Crippen LogP contribution in [0.4, 0.5) is 4.39 Å². The van der Waals surface area contributed by atoms with Gasteiger partial charge in [0.05, 0.1) is 5.60 Å². The number of rotatable bonds is 1. The van der Waals surface area contributed by atoms with Gasteiger partial charge in [0.2, 0.25) is 8.32 Å². The summed E-state index contributed by atoms with van der Waals surface area (Å²) in [6.07, 6.45) is 8.51. The highest BCUT2D eigenvalue weighted by Gasteiger charge is 2.46. The third kappa shape index (κ3) is 2.41. The van der Waals surface area contributed by atoms with Gasteiger partial charge < -0.3 is 4.43 Å². The highest BCUT2D eigenvalue weighted by molar-refractivity contribution is 6.90. The molecule has 1 saturated carbocycles. The molecule has 1 fully saturated rings. The maximum Gasteiger partial charge on any atom is 0.219 e. The van der Waals surface area contributed by atoms with E-state index in [-0.39, 0.29) is 11.4 Å². The van der Waals surface area contributed by atoms with E-state index in [1.54, 1.807) is 12.1 Å². The van der Waals surface area contributed by atoms with Crippen molar-refractivity contribution in [2.75, 3.05) is 0 Å². The number of benzene rings is 1. The van der Waals surface area contributed by atoms with Gasteiger partial charge >= 0.3 is 0 Å². The van der Waals surface area contributed by atoms with E-state index in [0.29, 0.717) is 0 Å². The van der Waals surface area contributed by atoms with Crippen molar-refractivity contribution in [3.8, 4) is 0 Å². The Morgan fingerprint density at radius 1 is 1.05 bits per heavy atom. The Bertz CT molecular complexity index is 498. The lowest BCUT2D eigenvalue weighted by atomic mass is 9.84. The Labute approximate surface area is 115 Å². The summed E-state index contributed by atoms with van der Waals surface area (Å²) in [7, 11) is -1.85. The first-order valence-corrected chi connectivity index (χ1v) is 10.1. The summed E-state index contributed by atoms with van der Waals surface area (Å²) in [4.78, 5) is 0. The van der Waals surface area contributed by atoms with Gasteiger partial charge in [0.25, 0.3) is 0 Å². The van der Waals surface area contributed by atoms with E-state index < -0.39 is 8.32 Å². The molecule has 0 radical (unpaired) electrons. The van der Waals surface area contributed by atoms with Crippen molar-refractivity contribution in [3.63, 3.8) is 0 Å². The van der Waals surface area contributed by atoms with Crippen LogP contribution in [0, 0.1) is 5.82 Å². The lowest BCUT2D eigenvalue weighted by Gasteiger charge is -2.35. The number of hydrogen-bond donors (Lipinski definition) is 0. The first-order valence-electron chi connectivity index (χ1n) is 7.20. The topological polar surface area (TPSA) is 9.23 Å². The fraction of sp³-hybridized carbons (Fsp3) is 0.500. The van der Waals surface area contributed by atoms with Gasteiger partial charge in [0.1, 0.15) is 5.82 Å². The lowest BCUT2D eigenvalue weighted by Crippen LogP contribution is -2.38. The van der Waals surface area contributed by atoms with E-state index in [2.05, 4.69) is 19.2 Å². The molecule has 1 aromatic rings. The minimum Gasteiger partial charge on any atom is -0.404 e. The quantitative estimate of drug-likeness (QED) is 0.676. The molecule has 1 aliphatic heterocycles. The van der Waals surface area contributed by atoms with Crippen molar-refractivity contribution in [1.29, 1.82) is 0 Å². The van der Waals surface area contributed by atoms with Crippen LogP contribution in [0.5, 0.6) is 0 Å². The van der Waals surface area contributed by atoms with Gasteiger partial charge in [-0.15, -0.1) is 0 Å². The lowest BCUT2D eigenvalue weighted by molar-refractivity contribution is 0.0808. The monoisotopic (exact) mass is 276 g/mol. The van der Waals surface area contributed by atoms with Crippen LogP contribution < -0.4 is 0 Å². The Morgan fingerprint density at radius 2 is 1.68 bits per heavy atom. The third-order valence-corrected chi connectivity index (χ3v) is 7.02. The Morgan fingerprint density at radius 3 is 2.32 bits per heavy atom. The van der Waals surface area contributed by atoms with E-state index in [1.807, 2.05) is 12.1 Å². The highest BCUT2D eigenvalue weighted by atomic mass is 28.4. The van der Waals surface area contributed by atoms with Crippen LogP contribution in [0.25, 0.3) is 5.20 Å². The second-order valence-electron chi connectivity index (χ2n) is 6.30. The van der Waals surface area contributed by atoms with Crippen molar-refractivity contribution in [2.45, 2.75) is 50.8 Å². The Kier molecular flexibility index (Phi) is 3.14. The fourth-order valence-corrected chi connectivity index (χ4v) is 6.35. The van der Waals surface area contributed by atoms with Crippen molar-refractivity contribution in [3.05, 3.63) is 41.7 Å². The first-order chi connectivity index (χ1) is 9.01. The van der Waals surface area contributed by atoms with Gasteiger partial charge in [-0.25, -0.2) is 4.39 Å². The van der Waals surface area contributed by atoms with Crippen LogP contribution >= 0.6 is 0 Å². The number of halogens is 1. The molecular weight excluding hydrogens is 255 g/mol. The molecule has 0 bridgehead atoms. The van der Waals surface area contributed by atoms with E-state index in [1.165, 1.54) is 24.5 Å². The maximum atomic E-state index is 13.1. The van der Waals surface area contributed by atoms with E-state index in [4.69, 9.17) is 4.43 Å². The molecule has 1 aromatic carbocycles.